The highest BCUT2D eigenvalue weighted by Crippen LogP contribution is 2.29. The zero-order chi connectivity index (χ0) is 21.7. The summed E-state index contributed by atoms with van der Waals surface area (Å²) in [5, 5.41) is 2.77. The summed E-state index contributed by atoms with van der Waals surface area (Å²) in [5.74, 6) is -0.663. The second-order valence-corrected chi connectivity index (χ2v) is 6.55. The van der Waals surface area contributed by atoms with E-state index in [4.69, 9.17) is 17.0 Å². The van der Waals surface area contributed by atoms with Gasteiger partial charge in [-0.15, -0.1) is 0 Å². The molecule has 6 nitrogen and oxygen atoms in total. The lowest BCUT2D eigenvalue weighted by molar-refractivity contribution is -0.0512. The number of amides is 1. The van der Waals surface area contributed by atoms with E-state index in [0.29, 0.717) is 16.9 Å². The summed E-state index contributed by atoms with van der Waals surface area (Å²) in [6, 6.07) is 10.2. The van der Waals surface area contributed by atoms with E-state index in [1.54, 1.807) is 12.1 Å². The smallest absolute Gasteiger partial charge is 0.387 e. The summed E-state index contributed by atoms with van der Waals surface area (Å²) in [4.78, 5) is 15.4. The fourth-order valence-electron chi connectivity index (χ4n) is 2.85. The van der Waals surface area contributed by atoms with Crippen LogP contribution in [-0.4, -0.2) is 35.7 Å². The maximum atomic E-state index is 13.2. The third-order valence-electron chi connectivity index (χ3n) is 4.24. The standard InChI is InChI=1S/C20H18F3N3O3S/c1-28-17-10-12(2-7-16(17)29-19(22)23)8-9-24-18(27)15-11-25-20(30)26(15)14-5-3-13(21)4-6-14/h2-7,10-11,19H,8-9H2,1H3,(H,24,27)(H,25,30). The first-order valence-corrected chi connectivity index (χ1v) is 9.26. The molecule has 0 unspecified atom stereocenters. The van der Waals surface area contributed by atoms with Crippen LogP contribution in [0.25, 0.3) is 5.69 Å². The molecule has 10 heteroatoms. The molecule has 0 fully saturated rings. The van der Waals surface area contributed by atoms with Crippen molar-refractivity contribution in [3.8, 4) is 17.2 Å². The van der Waals surface area contributed by atoms with Crippen LogP contribution in [0.1, 0.15) is 16.1 Å². The molecule has 0 saturated carbocycles. The molecule has 0 aliphatic rings. The third kappa shape index (κ3) is 5.01. The van der Waals surface area contributed by atoms with Crippen molar-refractivity contribution >= 4 is 18.1 Å². The van der Waals surface area contributed by atoms with E-state index >= 15 is 0 Å². The van der Waals surface area contributed by atoms with Crippen molar-refractivity contribution in [2.45, 2.75) is 13.0 Å². The molecule has 0 bridgehead atoms. The number of nitrogens with one attached hydrogen (secondary N) is 2. The van der Waals surface area contributed by atoms with Crippen LogP contribution in [0.15, 0.2) is 48.7 Å². The third-order valence-corrected chi connectivity index (χ3v) is 4.54. The monoisotopic (exact) mass is 437 g/mol. The summed E-state index contributed by atoms with van der Waals surface area (Å²) < 4.78 is 49.3. The van der Waals surface area contributed by atoms with Crippen molar-refractivity contribution in [1.29, 1.82) is 0 Å². The second kappa shape index (κ2) is 9.49. The Morgan fingerprint density at radius 1 is 1.20 bits per heavy atom. The number of ether oxygens (including phenoxy) is 2. The first kappa shape index (κ1) is 21.4. The van der Waals surface area contributed by atoms with Gasteiger partial charge in [0.05, 0.1) is 7.11 Å². The molecule has 0 atom stereocenters. The number of hydrogen-bond acceptors (Lipinski definition) is 4. The van der Waals surface area contributed by atoms with Gasteiger partial charge in [0.1, 0.15) is 11.5 Å². The predicted molar refractivity (Wildman–Crippen MR) is 107 cm³/mol. The highest BCUT2D eigenvalue weighted by molar-refractivity contribution is 7.71. The average Bonchev–Trinajstić information content (AvgIpc) is 3.10. The molecular weight excluding hydrogens is 419 g/mol. The fraction of sp³-hybridized carbons (Fsp3) is 0.200. The van der Waals surface area contributed by atoms with Crippen LogP contribution in [0.2, 0.25) is 0 Å². The van der Waals surface area contributed by atoms with Gasteiger partial charge < -0.3 is 19.8 Å². The second-order valence-electron chi connectivity index (χ2n) is 6.16. The number of nitrogens with zero attached hydrogens (tertiary/aromatic N) is 1. The number of aromatic amines is 1. The highest BCUT2D eigenvalue weighted by atomic mass is 32.1. The van der Waals surface area contributed by atoms with Crippen molar-refractivity contribution < 1.29 is 27.4 Å². The molecule has 1 heterocycles. The van der Waals surface area contributed by atoms with Gasteiger partial charge in [-0.25, -0.2) is 4.39 Å². The average molecular weight is 437 g/mol. The molecule has 2 N–H and O–H groups in total. The van der Waals surface area contributed by atoms with Crippen LogP contribution in [0.5, 0.6) is 11.5 Å². The number of carbonyl (C=O) groups is 1. The number of alkyl halides is 2. The fourth-order valence-corrected chi connectivity index (χ4v) is 3.12. The number of carbonyl (C=O) groups excluding carboxylic acids is 1. The SMILES string of the molecule is COc1cc(CCNC(=O)c2c[nH]c(=S)n2-c2ccc(F)cc2)ccc1OC(F)F. The Labute approximate surface area is 175 Å². The summed E-state index contributed by atoms with van der Waals surface area (Å²) in [7, 11) is 1.35. The Morgan fingerprint density at radius 3 is 2.60 bits per heavy atom. The number of imidazole rings is 1. The van der Waals surface area contributed by atoms with E-state index in [0.717, 1.165) is 5.56 Å². The maximum Gasteiger partial charge on any atom is 0.387 e. The Kier molecular flexibility index (Phi) is 6.78. The quantitative estimate of drug-likeness (QED) is 0.517. The van der Waals surface area contributed by atoms with Crippen molar-refractivity contribution in [3.63, 3.8) is 0 Å². The summed E-state index contributed by atoms with van der Waals surface area (Å²) >= 11 is 5.22. The maximum absolute atomic E-state index is 13.2. The van der Waals surface area contributed by atoms with Crippen LogP contribution < -0.4 is 14.8 Å². The Balaban J connectivity index is 1.67. The lowest BCUT2D eigenvalue weighted by Gasteiger charge is -2.12. The molecule has 3 aromatic rings. The molecule has 158 valence electrons. The predicted octanol–water partition coefficient (Wildman–Crippen LogP) is 4.26. The number of H-pyrrole nitrogens is 1. The van der Waals surface area contributed by atoms with E-state index in [1.165, 1.54) is 48.2 Å². The zero-order valence-corrected chi connectivity index (χ0v) is 16.6. The van der Waals surface area contributed by atoms with E-state index in [1.807, 2.05) is 0 Å². The van der Waals surface area contributed by atoms with Crippen molar-refractivity contribution in [3.05, 3.63) is 70.5 Å². The largest absolute Gasteiger partial charge is 0.493 e. The molecule has 30 heavy (non-hydrogen) atoms. The van der Waals surface area contributed by atoms with Gasteiger partial charge in [0.2, 0.25) is 0 Å². The Bertz CT molecular complexity index is 1080. The number of rotatable bonds is 8. The minimum atomic E-state index is -2.95. The normalized spacial score (nSPS) is 10.8. The summed E-state index contributed by atoms with van der Waals surface area (Å²) in [5.41, 5.74) is 1.58. The number of halogens is 3. The van der Waals surface area contributed by atoms with Gasteiger partial charge in [-0.1, -0.05) is 6.07 Å². The van der Waals surface area contributed by atoms with Crippen molar-refractivity contribution in [2.24, 2.45) is 0 Å². The molecule has 0 saturated heterocycles. The summed E-state index contributed by atoms with van der Waals surface area (Å²) in [6.45, 7) is -2.68. The van der Waals surface area contributed by atoms with Crippen LogP contribution in [-0.2, 0) is 6.42 Å². The summed E-state index contributed by atoms with van der Waals surface area (Å²) in [6.07, 6.45) is 1.90. The number of aromatic nitrogens is 2. The van der Waals surface area contributed by atoms with E-state index in [9.17, 15) is 18.0 Å². The molecule has 3 rings (SSSR count). The van der Waals surface area contributed by atoms with Gasteiger partial charge in [0.25, 0.3) is 5.91 Å². The van der Waals surface area contributed by atoms with E-state index in [-0.39, 0.29) is 29.6 Å². The minimum absolute atomic E-state index is 0.0640. The minimum Gasteiger partial charge on any atom is -0.493 e. The Hall–Kier alpha value is -3.27. The number of benzene rings is 2. The van der Waals surface area contributed by atoms with Gasteiger partial charge in [0, 0.05) is 18.4 Å². The lowest BCUT2D eigenvalue weighted by Crippen LogP contribution is -2.27. The Morgan fingerprint density at radius 2 is 1.93 bits per heavy atom. The van der Waals surface area contributed by atoms with Crippen LogP contribution in [0.4, 0.5) is 13.2 Å². The number of methoxy groups -OCH3 is 1. The van der Waals surface area contributed by atoms with Crippen molar-refractivity contribution in [1.82, 2.24) is 14.9 Å². The molecular formula is C20H18F3N3O3S. The first-order valence-electron chi connectivity index (χ1n) is 8.85. The molecule has 1 amide bonds. The van der Waals surface area contributed by atoms with Crippen LogP contribution >= 0.6 is 12.2 Å². The molecule has 2 aromatic carbocycles. The molecule has 0 aliphatic carbocycles. The van der Waals surface area contributed by atoms with Crippen molar-refractivity contribution in [2.75, 3.05) is 13.7 Å². The van der Waals surface area contributed by atoms with Crippen LogP contribution in [0, 0.1) is 10.6 Å². The molecule has 1 aromatic heterocycles. The zero-order valence-electron chi connectivity index (χ0n) is 15.8. The van der Waals surface area contributed by atoms with Gasteiger partial charge in [-0.05, 0) is 60.6 Å². The van der Waals surface area contributed by atoms with E-state index in [2.05, 4.69) is 15.0 Å². The van der Waals surface area contributed by atoms with Gasteiger partial charge in [0.15, 0.2) is 16.3 Å². The topological polar surface area (TPSA) is 68.3 Å². The van der Waals surface area contributed by atoms with Gasteiger partial charge in [-0.3, -0.25) is 9.36 Å². The number of hydrogen-bond donors (Lipinski definition) is 2. The van der Waals surface area contributed by atoms with E-state index < -0.39 is 12.4 Å². The molecule has 0 radical (unpaired) electrons. The van der Waals surface area contributed by atoms with Gasteiger partial charge >= 0.3 is 6.61 Å². The van der Waals surface area contributed by atoms with Gasteiger partial charge in [-0.2, -0.15) is 8.78 Å². The highest BCUT2D eigenvalue weighted by Gasteiger charge is 2.15. The van der Waals surface area contributed by atoms with Crippen LogP contribution in [0.3, 0.4) is 0 Å². The molecule has 0 spiro atoms. The lowest BCUT2D eigenvalue weighted by atomic mass is 10.1. The first-order chi connectivity index (χ1) is 14.4. The molecule has 0 aliphatic heterocycles.